The monoisotopic (exact) mass is 411 g/mol. The van der Waals surface area contributed by atoms with Crippen LogP contribution in [0.5, 0.6) is 0 Å². The lowest BCUT2D eigenvalue weighted by molar-refractivity contribution is -0.138. The van der Waals surface area contributed by atoms with Gasteiger partial charge in [-0.3, -0.25) is 14.4 Å². The van der Waals surface area contributed by atoms with Gasteiger partial charge in [-0.05, 0) is 5.56 Å². The summed E-state index contributed by atoms with van der Waals surface area (Å²) in [6.07, 6.45) is 3.34. The van der Waals surface area contributed by atoms with Crippen molar-refractivity contribution in [1.82, 2.24) is 20.2 Å². The molecule has 0 radical (unpaired) electrons. The van der Waals surface area contributed by atoms with Gasteiger partial charge in [0.15, 0.2) is 0 Å². The molecule has 2 aliphatic rings. The average molecular weight is 411 g/mol. The Morgan fingerprint density at radius 3 is 2.57 bits per heavy atom. The number of imidazole rings is 1. The van der Waals surface area contributed by atoms with E-state index in [4.69, 9.17) is 10.5 Å². The number of nitrogens with two attached hydrogens (primary N) is 1. The summed E-state index contributed by atoms with van der Waals surface area (Å²) >= 11 is 0. The van der Waals surface area contributed by atoms with Crippen LogP contribution in [0.4, 0.5) is 0 Å². The Morgan fingerprint density at radius 1 is 1.20 bits per heavy atom. The number of carbonyl (C=O) groups excluding carboxylic acids is 3. The third-order valence-corrected chi connectivity index (χ3v) is 5.74. The predicted molar refractivity (Wildman–Crippen MR) is 107 cm³/mol. The summed E-state index contributed by atoms with van der Waals surface area (Å²) in [6, 6.07) is 8.63. The Kier molecular flexibility index (Phi) is 5.80. The van der Waals surface area contributed by atoms with E-state index in [0.29, 0.717) is 32.0 Å². The van der Waals surface area contributed by atoms with Gasteiger partial charge in [0.05, 0.1) is 37.1 Å². The molecule has 1 aliphatic heterocycles. The highest BCUT2D eigenvalue weighted by atomic mass is 16.5. The standard InChI is InChI=1S/C21H25N5O4/c22-19(27)15(10-14-11-23-12-24-14)25-20(28)17-16(13-4-2-1-3-5-13)18(17)21(29)26-6-8-30-9-7-26/h1-5,11-12,15-18H,6-10H2,(H2,22,27)(H,23,24)(H,25,28)/t15-,16-,17+,18+/m0/s1. The maximum Gasteiger partial charge on any atom is 0.240 e. The van der Waals surface area contributed by atoms with Crippen molar-refractivity contribution in [3.63, 3.8) is 0 Å². The summed E-state index contributed by atoms with van der Waals surface area (Å²) in [5.41, 5.74) is 7.06. The highest BCUT2D eigenvalue weighted by Crippen LogP contribution is 2.55. The first-order valence-electron chi connectivity index (χ1n) is 10.0. The van der Waals surface area contributed by atoms with Crippen molar-refractivity contribution in [2.24, 2.45) is 17.6 Å². The number of morpholine rings is 1. The van der Waals surface area contributed by atoms with Gasteiger partial charge in [0.25, 0.3) is 0 Å². The Labute approximate surface area is 174 Å². The molecule has 2 fully saturated rings. The SMILES string of the molecule is NC(=O)[C@H](Cc1c[nH]cn1)NC(=O)[C@H]1[C@H](C(=O)N2CCOCC2)[C@H]1c1ccccc1. The van der Waals surface area contributed by atoms with Crippen LogP contribution >= 0.6 is 0 Å². The fourth-order valence-corrected chi connectivity index (χ4v) is 4.13. The van der Waals surface area contributed by atoms with Crippen molar-refractivity contribution in [2.45, 2.75) is 18.4 Å². The molecule has 1 aliphatic carbocycles. The van der Waals surface area contributed by atoms with Crippen molar-refractivity contribution in [3.05, 3.63) is 54.1 Å². The largest absolute Gasteiger partial charge is 0.378 e. The van der Waals surface area contributed by atoms with Crippen LogP contribution in [0.2, 0.25) is 0 Å². The average Bonchev–Trinajstić information content (AvgIpc) is 3.31. The van der Waals surface area contributed by atoms with Crippen molar-refractivity contribution < 1.29 is 19.1 Å². The summed E-state index contributed by atoms with van der Waals surface area (Å²) in [6.45, 7) is 2.04. The number of hydrogen-bond donors (Lipinski definition) is 3. The van der Waals surface area contributed by atoms with Crippen molar-refractivity contribution in [3.8, 4) is 0 Å². The second-order valence-corrected chi connectivity index (χ2v) is 7.65. The normalized spacial score (nSPS) is 24.1. The Bertz CT molecular complexity index is 895. The minimum Gasteiger partial charge on any atom is -0.378 e. The van der Waals surface area contributed by atoms with Gasteiger partial charge in [0.1, 0.15) is 6.04 Å². The highest BCUT2D eigenvalue weighted by Gasteiger charge is 2.60. The van der Waals surface area contributed by atoms with Crippen LogP contribution in [0.25, 0.3) is 0 Å². The summed E-state index contributed by atoms with van der Waals surface area (Å²) in [5.74, 6) is -2.24. The van der Waals surface area contributed by atoms with Crippen LogP contribution in [0.1, 0.15) is 17.2 Å². The van der Waals surface area contributed by atoms with E-state index in [9.17, 15) is 14.4 Å². The molecule has 158 valence electrons. The van der Waals surface area contributed by atoms with Gasteiger partial charge in [-0.2, -0.15) is 0 Å². The first-order chi connectivity index (χ1) is 14.6. The topological polar surface area (TPSA) is 130 Å². The molecular formula is C21H25N5O4. The molecule has 1 aromatic heterocycles. The number of hydrogen-bond acceptors (Lipinski definition) is 5. The number of ether oxygens (including phenoxy) is 1. The fourth-order valence-electron chi connectivity index (χ4n) is 4.13. The third-order valence-electron chi connectivity index (χ3n) is 5.74. The Hall–Kier alpha value is -3.20. The second kappa shape index (κ2) is 8.66. The zero-order chi connectivity index (χ0) is 21.1. The quantitative estimate of drug-likeness (QED) is 0.581. The molecule has 1 saturated carbocycles. The molecule has 2 heterocycles. The number of nitrogens with zero attached hydrogens (tertiary/aromatic N) is 2. The molecular weight excluding hydrogens is 386 g/mol. The number of amides is 3. The van der Waals surface area contributed by atoms with E-state index in [1.807, 2.05) is 30.3 Å². The van der Waals surface area contributed by atoms with E-state index in [1.165, 1.54) is 6.33 Å². The van der Waals surface area contributed by atoms with Crippen molar-refractivity contribution >= 4 is 17.7 Å². The molecule has 0 unspecified atom stereocenters. The van der Waals surface area contributed by atoms with Gasteiger partial charge in [0.2, 0.25) is 17.7 Å². The number of aromatic amines is 1. The molecule has 9 nitrogen and oxygen atoms in total. The smallest absolute Gasteiger partial charge is 0.240 e. The molecule has 30 heavy (non-hydrogen) atoms. The minimum absolute atomic E-state index is 0.0461. The van der Waals surface area contributed by atoms with E-state index in [0.717, 1.165) is 5.56 Å². The van der Waals surface area contributed by atoms with Crippen molar-refractivity contribution in [2.75, 3.05) is 26.3 Å². The minimum atomic E-state index is -0.892. The molecule has 4 N–H and O–H groups in total. The number of rotatable bonds is 7. The van der Waals surface area contributed by atoms with Crippen LogP contribution in [0, 0.1) is 11.8 Å². The summed E-state index contributed by atoms with van der Waals surface area (Å²) in [7, 11) is 0. The van der Waals surface area contributed by atoms with Gasteiger partial charge in [-0.15, -0.1) is 0 Å². The zero-order valence-corrected chi connectivity index (χ0v) is 16.5. The third kappa shape index (κ3) is 4.20. The van der Waals surface area contributed by atoms with E-state index in [2.05, 4.69) is 15.3 Å². The van der Waals surface area contributed by atoms with Gasteiger partial charge >= 0.3 is 0 Å². The molecule has 3 amide bonds. The van der Waals surface area contributed by atoms with Crippen LogP contribution < -0.4 is 11.1 Å². The molecule has 0 spiro atoms. The molecule has 1 aromatic carbocycles. The highest BCUT2D eigenvalue weighted by molar-refractivity contribution is 5.97. The van der Waals surface area contributed by atoms with Gasteiger partial charge in [0, 0.05) is 31.6 Å². The summed E-state index contributed by atoms with van der Waals surface area (Å²) in [4.78, 5) is 46.8. The van der Waals surface area contributed by atoms with Crippen LogP contribution in [0.3, 0.4) is 0 Å². The van der Waals surface area contributed by atoms with E-state index in [1.54, 1.807) is 11.1 Å². The number of carbonyl (C=O) groups is 3. The molecule has 0 bridgehead atoms. The maximum atomic E-state index is 13.1. The predicted octanol–water partition coefficient (Wildman–Crippen LogP) is -0.189. The summed E-state index contributed by atoms with van der Waals surface area (Å²) < 4.78 is 5.33. The summed E-state index contributed by atoms with van der Waals surface area (Å²) in [5, 5.41) is 2.74. The number of benzene rings is 1. The molecule has 4 rings (SSSR count). The molecule has 2 aromatic rings. The fraction of sp³-hybridized carbons (Fsp3) is 0.429. The van der Waals surface area contributed by atoms with Crippen molar-refractivity contribution in [1.29, 1.82) is 0 Å². The number of primary amides is 1. The molecule has 4 atom stereocenters. The Balaban J connectivity index is 1.50. The van der Waals surface area contributed by atoms with Crippen LogP contribution in [-0.2, 0) is 25.5 Å². The number of aromatic nitrogens is 2. The van der Waals surface area contributed by atoms with Gasteiger partial charge in [-0.25, -0.2) is 4.98 Å². The van der Waals surface area contributed by atoms with Crippen LogP contribution in [-0.4, -0.2) is 64.9 Å². The van der Waals surface area contributed by atoms with Crippen LogP contribution in [0.15, 0.2) is 42.9 Å². The Morgan fingerprint density at radius 2 is 1.93 bits per heavy atom. The number of H-pyrrole nitrogens is 1. The molecule has 1 saturated heterocycles. The van der Waals surface area contributed by atoms with E-state index in [-0.39, 0.29) is 24.2 Å². The first kappa shape index (κ1) is 20.1. The lowest BCUT2D eigenvalue weighted by Crippen LogP contribution is -2.47. The second-order valence-electron chi connectivity index (χ2n) is 7.65. The lowest BCUT2D eigenvalue weighted by Gasteiger charge is -2.27. The van der Waals surface area contributed by atoms with E-state index >= 15 is 0 Å². The lowest BCUT2D eigenvalue weighted by atomic mass is 10.1. The maximum absolute atomic E-state index is 13.1. The van der Waals surface area contributed by atoms with E-state index < -0.39 is 23.8 Å². The number of nitrogens with one attached hydrogen (secondary N) is 2. The van der Waals surface area contributed by atoms with Gasteiger partial charge in [-0.1, -0.05) is 30.3 Å². The zero-order valence-electron chi connectivity index (χ0n) is 16.5. The first-order valence-corrected chi connectivity index (χ1v) is 10.0. The molecule has 9 heteroatoms. The van der Waals surface area contributed by atoms with Gasteiger partial charge < -0.3 is 25.7 Å².